The Bertz CT molecular complexity index is 3780. The Morgan fingerprint density at radius 2 is 0.839 bits per heavy atom. The number of carbonyl (C=O) groups excluding carboxylic acids is 1. The first-order chi connectivity index (χ1) is 61.7. The molecule has 30 nitrogen and oxygen atoms in total. The molecular formula is C89H150B4Br3Cs2F5K2N3O27PS. The normalized spacial score (nSPS) is 19.7. The number of nitrogens with zero attached hydrogens (tertiary/aromatic N) is 3. The minimum absolute atomic E-state index is 0. The van der Waals surface area contributed by atoms with Gasteiger partial charge in [0, 0.05) is 129 Å². The van der Waals surface area contributed by atoms with Crippen LogP contribution in [0.4, 0.5) is 17.8 Å². The van der Waals surface area contributed by atoms with Crippen LogP contribution in [0.5, 0.6) is 17.6 Å². The Hall–Kier alpha value is 2.97. The first kappa shape index (κ1) is 153. The molecule has 0 radical (unpaired) electrons. The minimum Gasteiger partial charge on any atom is -1.00 e. The maximum Gasteiger partial charge on any atom is 1.00 e. The number of carbonyl (C=O) groups is 1. The van der Waals surface area contributed by atoms with Crippen LogP contribution >= 0.6 is 57.7 Å². The summed E-state index contributed by atoms with van der Waals surface area (Å²) in [6.07, 6.45) is 31.9. The van der Waals surface area contributed by atoms with Gasteiger partial charge in [0.25, 0.3) is 16.6 Å². The van der Waals surface area contributed by atoms with Crippen molar-refractivity contribution in [1.29, 1.82) is 0 Å². The van der Waals surface area contributed by atoms with E-state index in [1.54, 1.807) is 52.5 Å². The van der Waals surface area contributed by atoms with Crippen LogP contribution in [0.15, 0.2) is 74.6 Å². The third-order valence-electron chi connectivity index (χ3n) is 21.3. The predicted molar refractivity (Wildman–Crippen MR) is 519 cm³/mol. The number of terminal acetylenes is 2. The van der Waals surface area contributed by atoms with E-state index >= 15 is 0 Å². The van der Waals surface area contributed by atoms with Gasteiger partial charge in [0.15, 0.2) is 31.5 Å². The van der Waals surface area contributed by atoms with Gasteiger partial charge in [-0.05, 0) is 267 Å². The fourth-order valence-corrected chi connectivity index (χ4v) is 13.4. The summed E-state index contributed by atoms with van der Waals surface area (Å²) in [6.45, 7) is 34.6. The van der Waals surface area contributed by atoms with Crippen LogP contribution in [0.2, 0.25) is 12.6 Å². The molecule has 0 aliphatic carbocycles. The number of aromatic nitrogens is 3. The molecule has 48 heteroatoms. The number of aliphatic hydroxyl groups is 2. The molecular weight excluding hydrogens is 2330 g/mol. The summed E-state index contributed by atoms with van der Waals surface area (Å²) < 4.78 is 177. The Kier molecular flexibility index (Phi) is 97.5. The Balaban J connectivity index is -0.000000197. The van der Waals surface area contributed by atoms with E-state index in [4.69, 9.17) is 123 Å². The van der Waals surface area contributed by atoms with Crippen LogP contribution in [0.1, 0.15) is 225 Å². The van der Waals surface area contributed by atoms with Gasteiger partial charge in [-0.25, -0.2) is 15.0 Å². The van der Waals surface area contributed by atoms with Crippen LogP contribution in [0, 0.1) is 32.1 Å². The first-order valence-electron chi connectivity index (χ1n) is 43.6. The fourth-order valence-electron chi connectivity index (χ4n) is 12.2. The summed E-state index contributed by atoms with van der Waals surface area (Å²) in [7, 11) is -2.63. The van der Waals surface area contributed by atoms with E-state index in [-0.39, 0.29) is 375 Å². The third-order valence-corrected chi connectivity index (χ3v) is 24.3. The number of pyridine rings is 3. The molecule has 12 rings (SSSR count). The second kappa shape index (κ2) is 87.4. The number of methoxy groups -OCH3 is 3. The number of aryl methyl sites for hydroxylation is 1. The van der Waals surface area contributed by atoms with Gasteiger partial charge in [-0.2, -0.15) is 18.3 Å². The van der Waals surface area contributed by atoms with E-state index in [9.17, 15) is 17.0 Å². The SMILES string of the molecule is BrCCOC1CCCCO1.C.C#C.C#CC.CC1(C)OB(B2OC(C)(C)C(C)(C)O2)OC1(C)C.CC1(C)OB(CCOC2CCCCO2)OC1(C)C.COc1ccc(Br)c(Br)n1.COc1ccc(CCO)c(CCO)n1.COc1ccc(CCOC2CCCCO2)c(CCOC2CCCCO2)n1.Cc1ccc(S(=O)(=O)O)cc1.FB(F)CCOC1CCCCO1.FF.O=CO[O-].P.[Cs+].[Cs+].[F-].[H-].[H-].[K+].[K+]. The average molecular weight is 2480 g/mol. The topological polar surface area (TPSA) is 358 Å². The van der Waals surface area contributed by atoms with E-state index in [0.29, 0.717) is 56.9 Å². The maximum atomic E-state index is 11.7. The molecule has 8 fully saturated rings. The molecule has 3 N–H and O–H groups in total. The van der Waals surface area contributed by atoms with Gasteiger partial charge >= 0.3 is 269 Å². The van der Waals surface area contributed by atoms with Gasteiger partial charge in [-0.3, -0.25) is 18.0 Å². The van der Waals surface area contributed by atoms with E-state index in [1.807, 2.05) is 80.5 Å². The monoisotopic (exact) mass is 2480 g/mol. The number of halogens is 8. The minimum atomic E-state index is -4.02. The summed E-state index contributed by atoms with van der Waals surface area (Å²) in [5.74, 6) is 4.03. The second-order valence-corrected chi connectivity index (χ2v) is 36.5. The molecule has 137 heavy (non-hydrogen) atoms. The van der Waals surface area contributed by atoms with Crippen LogP contribution in [-0.2, 0) is 121 Å². The third kappa shape index (κ3) is 65.2. The van der Waals surface area contributed by atoms with Crippen molar-refractivity contribution in [2.45, 2.75) is 309 Å². The fraction of sp³-hybridized carbons (Fsp3) is 0.708. The van der Waals surface area contributed by atoms with Crippen LogP contribution in [-0.4, -0.2) is 244 Å². The Labute approximate surface area is 1050 Å². The van der Waals surface area contributed by atoms with Crippen molar-refractivity contribution >= 4 is 103 Å². The zero-order valence-corrected chi connectivity index (χ0v) is 110. The van der Waals surface area contributed by atoms with Gasteiger partial charge < -0.3 is 117 Å². The molecule has 6 unspecified atom stereocenters. The van der Waals surface area contributed by atoms with Crippen LogP contribution < -0.4 is 265 Å². The van der Waals surface area contributed by atoms with E-state index in [2.05, 4.69) is 127 Å². The van der Waals surface area contributed by atoms with Crippen molar-refractivity contribution in [3.8, 4) is 42.8 Å². The number of alkyl halides is 1. The summed E-state index contributed by atoms with van der Waals surface area (Å²) in [4.78, 5) is 24.0. The van der Waals surface area contributed by atoms with Gasteiger partial charge in [-0.15, -0.1) is 25.2 Å². The molecule has 0 bridgehead atoms. The molecule has 4 aromatic rings. The number of hydrogen-bond donors (Lipinski definition) is 3. The summed E-state index contributed by atoms with van der Waals surface area (Å²) in [6, 6.07) is 17.2. The van der Waals surface area contributed by atoms with Crippen molar-refractivity contribution in [3.05, 3.63) is 97.8 Å². The van der Waals surface area contributed by atoms with Crippen LogP contribution in [0.3, 0.4) is 0 Å². The second-order valence-electron chi connectivity index (χ2n) is 32.7. The smallest absolute Gasteiger partial charge is 1.00 e. The molecule has 0 spiro atoms. The Morgan fingerprint density at radius 1 is 0.533 bits per heavy atom. The number of aliphatic hydroxyl groups excluding tert-OH is 2. The molecule has 0 saturated carbocycles. The van der Waals surface area contributed by atoms with Crippen molar-refractivity contribution < 1.29 is 394 Å². The summed E-state index contributed by atoms with van der Waals surface area (Å²) >= 11 is 9.84. The summed E-state index contributed by atoms with van der Waals surface area (Å²) in [5, 5.41) is 27.0. The first-order valence-corrected chi connectivity index (χ1v) is 47.7. The van der Waals surface area contributed by atoms with E-state index < -0.39 is 31.4 Å². The zero-order chi connectivity index (χ0) is 97.8. The largest absolute Gasteiger partial charge is 1.00 e. The standard InChI is InChI=1S/C20H31NO5.C13H25BO4.C12H24B2O4.C10H15NO3.C7H13BF2O2.C7H13BrO2.C7H8O3S.C6H5Br2NO.C3H4.C2H2.CH2O3.CH4.2Cs.F2.FH.2K.H3P.2H/c1-22-18-9-8-16(10-14-25-19-6-2-4-12-23-19)17(21-18)11-15-26-20-7-3-5-13-24-20;1-12(2)13(3,4)18-14(17-12)8-10-16-11-7-5-6-9-15-11;1-9(2)10(3,4)16-13(15-9)14-17-11(5,6)12(7,8)18-14;1-14-10-3-2-8(4-6-12)9(11-10)5-7-13;9-8(10)4-6-12-7-3-1-2-5-11-7;8-4-6-10-7-3-1-2-5-9-7;1-6-2-4-7(5-3-6)11(8,9)10;1-10-5-3-2-4(7)6(8)9-5;1-3-2;1-2;2-1-4-3;;;;1-2;;;;;;/h8-9,19-20H,2-7,10-15H2,1H3;11H,5-10H2,1-4H3;1-8H3;2-3,12-13H,4-7H2,1H3;7H,1-6H2;7H,1-6H2;2-5H,1H3,(H,8,9,10);2-3H,1H3;1H,2H3;1-2H;1,3H;1H4;;;;1H;;;1H3;;/q;;;;;;;;;;;;2*+1;;;2*+1;;2*-1/p-2. The average Bonchev–Trinajstić information content (AvgIpc) is 1.59. The van der Waals surface area contributed by atoms with E-state index in [0.717, 1.165) is 153 Å². The summed E-state index contributed by atoms with van der Waals surface area (Å²) in [5.41, 5.74) is 2.95. The molecule has 11 heterocycles. The molecule has 3 aromatic heterocycles. The number of ether oxygens (including phenoxy) is 13. The van der Waals surface area contributed by atoms with Crippen LogP contribution in [0.25, 0.3) is 0 Å². The molecule has 8 aliphatic heterocycles. The van der Waals surface area contributed by atoms with Crippen molar-refractivity contribution in [3.63, 3.8) is 0 Å². The van der Waals surface area contributed by atoms with E-state index in [1.165, 1.54) is 49.8 Å². The number of hydrogen-bond acceptors (Lipinski definition) is 29. The quantitative estimate of drug-likeness (QED) is 0.00670. The Morgan fingerprint density at radius 3 is 1.15 bits per heavy atom. The number of benzene rings is 1. The van der Waals surface area contributed by atoms with Crippen molar-refractivity contribution in [2.24, 2.45) is 0 Å². The molecule has 8 aliphatic rings. The molecule has 6 atom stereocenters. The van der Waals surface area contributed by atoms with Gasteiger partial charge in [0.1, 0.15) is 4.60 Å². The van der Waals surface area contributed by atoms with Crippen molar-refractivity contribution in [2.75, 3.05) is 106 Å². The van der Waals surface area contributed by atoms with Crippen molar-refractivity contribution in [1.82, 2.24) is 15.0 Å². The maximum absolute atomic E-state index is 11.7. The predicted octanol–water partition coefficient (Wildman–Crippen LogP) is 2.13. The van der Waals surface area contributed by atoms with Gasteiger partial charge in [0.2, 0.25) is 17.6 Å². The number of rotatable bonds is 29. The molecule has 0 amide bonds. The van der Waals surface area contributed by atoms with Gasteiger partial charge in [0.05, 0.1) is 84.1 Å². The molecule has 766 valence electrons. The zero-order valence-electron chi connectivity index (χ0n) is 85.9. The molecule has 1 aromatic carbocycles. The molecule has 8 saturated heterocycles. The van der Waals surface area contributed by atoms with Gasteiger partial charge in [-0.1, -0.05) is 53.2 Å².